The van der Waals surface area contributed by atoms with Gasteiger partial charge in [0.05, 0.1) is 0 Å². The van der Waals surface area contributed by atoms with Crippen molar-refractivity contribution in [1.82, 2.24) is 0 Å². The minimum atomic E-state index is -5.64. The molecule has 5 N–H and O–H groups in total. The van der Waals surface area contributed by atoms with Crippen LogP contribution in [0.5, 0.6) is 11.5 Å². The van der Waals surface area contributed by atoms with Crippen LogP contribution in [0.2, 0.25) is 0 Å². The van der Waals surface area contributed by atoms with E-state index < -0.39 is 23.5 Å². The van der Waals surface area contributed by atoms with Crippen LogP contribution in [-0.2, 0) is 27.1 Å². The zero-order valence-electron chi connectivity index (χ0n) is 16.9. The Bertz CT molecular complexity index is 1300. The lowest BCUT2D eigenvalue weighted by Gasteiger charge is -2.17. The van der Waals surface area contributed by atoms with Gasteiger partial charge < -0.3 is 24.3 Å². The fourth-order valence-electron chi connectivity index (χ4n) is 2.86. The van der Waals surface area contributed by atoms with Gasteiger partial charge in [0.25, 0.3) is 0 Å². The third-order valence-electron chi connectivity index (χ3n) is 4.08. The van der Waals surface area contributed by atoms with Gasteiger partial charge >= 0.3 is 23.5 Å². The van der Waals surface area contributed by atoms with Crippen LogP contribution in [-0.4, -0.2) is 30.5 Å². The van der Waals surface area contributed by atoms with E-state index in [0.717, 1.165) is 0 Å². The third kappa shape index (κ3) is 7.44. The second kappa shape index (κ2) is 9.93. The van der Waals surface area contributed by atoms with Gasteiger partial charge in [0.2, 0.25) is 0 Å². The highest BCUT2D eigenvalue weighted by molar-refractivity contribution is 7.66. The molecule has 0 amide bonds. The highest BCUT2D eigenvalue weighted by Crippen LogP contribution is 2.66. The van der Waals surface area contributed by atoms with Crippen molar-refractivity contribution in [1.29, 1.82) is 0 Å². The van der Waals surface area contributed by atoms with Gasteiger partial charge in [-0.15, -0.1) is 0 Å². The Hall–Kier alpha value is -2.62. The second-order valence-corrected chi connectivity index (χ2v) is 11.0. The number of aromatic hydroxyl groups is 1. The molecule has 1 aliphatic rings. The molecule has 34 heavy (non-hydrogen) atoms. The van der Waals surface area contributed by atoms with Crippen molar-refractivity contribution in [2.45, 2.75) is 0 Å². The molecule has 0 heterocycles. The number of phosphoric ester groups is 1. The van der Waals surface area contributed by atoms with Gasteiger partial charge in [-0.2, -0.15) is 8.62 Å². The number of phosphoric acid groups is 3. The number of carbonyl (C=O) groups excluding carboxylic acids is 1. The lowest BCUT2D eigenvalue weighted by Crippen LogP contribution is -1.99. The number of rotatable bonds is 8. The smallest absolute Gasteiger partial charge is 0.508 e. The number of phenols is 1. The number of benzene rings is 2. The molecule has 15 heteroatoms. The fourth-order valence-corrected chi connectivity index (χ4v) is 5.89. The van der Waals surface area contributed by atoms with E-state index in [2.05, 4.69) is 13.1 Å². The first-order valence-corrected chi connectivity index (χ1v) is 13.6. The average molecular weight is 530 g/mol. The molecular weight excluding hydrogens is 513 g/mol. The van der Waals surface area contributed by atoms with Crippen LogP contribution in [0.15, 0.2) is 78.4 Å². The summed E-state index contributed by atoms with van der Waals surface area (Å²) >= 11 is 0. The van der Waals surface area contributed by atoms with Crippen molar-refractivity contribution >= 4 is 34.8 Å². The molecule has 2 atom stereocenters. The first kappa shape index (κ1) is 26.0. The van der Waals surface area contributed by atoms with Crippen molar-refractivity contribution in [3.05, 3.63) is 89.5 Å². The summed E-state index contributed by atoms with van der Waals surface area (Å²) in [5.74, 6) is -0.435. The summed E-state index contributed by atoms with van der Waals surface area (Å²) in [4.78, 5) is 47.6. The van der Waals surface area contributed by atoms with Gasteiger partial charge in [-0.3, -0.25) is 9.69 Å². The summed E-state index contributed by atoms with van der Waals surface area (Å²) in [6.07, 6.45) is 5.95. The van der Waals surface area contributed by atoms with Crippen LogP contribution in [0.1, 0.15) is 11.1 Å². The Labute approximate surface area is 192 Å². The molecule has 2 aromatic carbocycles. The molecular formula is C19H17O12P3. The molecule has 1 aliphatic carbocycles. The SMILES string of the molecule is O=C1C=CC(=C(c2ccc(O)cc2)c2ccc(OP(=O)(O)OP(=O)(O)OP(=O)(O)O)cc2)C=C1. The summed E-state index contributed by atoms with van der Waals surface area (Å²) < 4.78 is 46.2. The molecule has 2 unspecified atom stereocenters. The number of hydrogen-bond donors (Lipinski definition) is 5. The summed E-state index contributed by atoms with van der Waals surface area (Å²) in [6.45, 7) is 0. The van der Waals surface area contributed by atoms with Crippen molar-refractivity contribution in [2.75, 3.05) is 0 Å². The number of hydrogen-bond acceptors (Lipinski definition) is 8. The van der Waals surface area contributed by atoms with Crippen molar-refractivity contribution in [2.24, 2.45) is 0 Å². The number of ketones is 1. The Morgan fingerprint density at radius 1 is 0.676 bits per heavy atom. The topological polar surface area (TPSA) is 197 Å². The lowest BCUT2D eigenvalue weighted by molar-refractivity contribution is -0.110. The Morgan fingerprint density at radius 2 is 1.18 bits per heavy atom. The minimum Gasteiger partial charge on any atom is -0.508 e. The zero-order valence-corrected chi connectivity index (χ0v) is 19.5. The van der Waals surface area contributed by atoms with Gasteiger partial charge in [-0.1, -0.05) is 36.4 Å². The first-order chi connectivity index (χ1) is 15.7. The van der Waals surface area contributed by atoms with Crippen molar-refractivity contribution in [3.63, 3.8) is 0 Å². The van der Waals surface area contributed by atoms with Crippen LogP contribution < -0.4 is 4.52 Å². The second-order valence-electron chi connectivity index (χ2n) is 6.65. The number of carbonyl (C=O) groups is 1. The van der Waals surface area contributed by atoms with E-state index >= 15 is 0 Å². The quantitative estimate of drug-likeness (QED) is 0.312. The van der Waals surface area contributed by atoms with Gasteiger partial charge in [0.1, 0.15) is 11.5 Å². The molecule has 0 bridgehead atoms. The average Bonchev–Trinajstić information content (AvgIpc) is 2.69. The molecule has 12 nitrogen and oxygen atoms in total. The van der Waals surface area contributed by atoms with E-state index in [1.807, 2.05) is 0 Å². The van der Waals surface area contributed by atoms with Gasteiger partial charge in [0.15, 0.2) is 5.78 Å². The molecule has 0 radical (unpaired) electrons. The molecule has 0 aromatic heterocycles. The third-order valence-corrected chi connectivity index (χ3v) is 7.85. The Morgan fingerprint density at radius 3 is 1.68 bits per heavy atom. The molecule has 180 valence electrons. The first-order valence-electron chi connectivity index (χ1n) is 9.11. The summed E-state index contributed by atoms with van der Waals surface area (Å²) in [5, 5.41) is 9.58. The number of phenolic OH excluding ortho intramolecular Hbond substituents is 1. The number of allylic oxidation sites excluding steroid dienone is 5. The van der Waals surface area contributed by atoms with Crippen LogP contribution >= 0.6 is 23.5 Å². The summed E-state index contributed by atoms with van der Waals surface area (Å²) in [7, 11) is -16.5. The normalized spacial score (nSPS) is 17.2. The maximum absolute atomic E-state index is 12.0. The van der Waals surface area contributed by atoms with E-state index in [1.165, 1.54) is 48.6 Å². The lowest BCUT2D eigenvalue weighted by atomic mass is 9.91. The van der Waals surface area contributed by atoms with Crippen LogP contribution in [0.3, 0.4) is 0 Å². The maximum Gasteiger partial charge on any atom is 0.536 e. The van der Waals surface area contributed by atoms with Crippen molar-refractivity contribution in [3.8, 4) is 11.5 Å². The van der Waals surface area contributed by atoms with Crippen molar-refractivity contribution < 1.29 is 56.3 Å². The van der Waals surface area contributed by atoms with Gasteiger partial charge in [-0.25, -0.2) is 13.7 Å². The minimum absolute atomic E-state index is 0.0457. The largest absolute Gasteiger partial charge is 0.536 e. The van der Waals surface area contributed by atoms with Gasteiger partial charge in [0, 0.05) is 0 Å². The highest BCUT2D eigenvalue weighted by atomic mass is 31.3. The monoisotopic (exact) mass is 530 g/mol. The molecule has 0 spiro atoms. The molecule has 0 aliphatic heterocycles. The van der Waals surface area contributed by atoms with E-state index in [4.69, 9.17) is 9.79 Å². The van der Waals surface area contributed by atoms with E-state index in [9.17, 15) is 33.4 Å². The molecule has 0 saturated carbocycles. The molecule has 2 aromatic rings. The summed E-state index contributed by atoms with van der Waals surface area (Å²) in [5.41, 5.74) is 2.55. The Balaban J connectivity index is 1.89. The maximum atomic E-state index is 12.0. The molecule has 3 rings (SSSR count). The van der Waals surface area contributed by atoms with Crippen LogP contribution in [0.25, 0.3) is 5.57 Å². The standard InChI is InChI=1S/C19H17O12P3/c20-16-7-1-13(2-8-16)19(14-3-9-17(21)10-4-14)15-5-11-18(12-6-15)29-33(25,26)31-34(27,28)30-32(22,23)24/h1-12,20H,(H,25,26)(H,27,28)(H2,22,23,24). The summed E-state index contributed by atoms with van der Waals surface area (Å²) in [6, 6.07) is 11.7. The van der Waals surface area contributed by atoms with Crippen LogP contribution in [0.4, 0.5) is 0 Å². The van der Waals surface area contributed by atoms with Gasteiger partial charge in [-0.05, 0) is 58.7 Å². The van der Waals surface area contributed by atoms with Crippen LogP contribution in [0, 0.1) is 0 Å². The predicted molar refractivity (Wildman–Crippen MR) is 118 cm³/mol. The van der Waals surface area contributed by atoms with E-state index in [1.54, 1.807) is 24.3 Å². The Kier molecular flexibility index (Phi) is 7.59. The zero-order chi connectivity index (χ0) is 25.1. The predicted octanol–water partition coefficient (Wildman–Crippen LogP) is 3.59. The van der Waals surface area contributed by atoms with E-state index in [-0.39, 0.29) is 17.3 Å². The molecule has 0 saturated heterocycles. The highest BCUT2D eigenvalue weighted by Gasteiger charge is 2.41. The van der Waals surface area contributed by atoms with E-state index in [0.29, 0.717) is 22.3 Å². The molecule has 0 fully saturated rings. The fraction of sp³-hybridized carbons (Fsp3) is 0.